The molecule has 31 heavy (non-hydrogen) atoms. The van der Waals surface area contributed by atoms with E-state index in [0.29, 0.717) is 11.6 Å². The van der Waals surface area contributed by atoms with Crippen LogP contribution in [0.15, 0.2) is 72.6 Å². The Balaban J connectivity index is 1.28. The second-order valence-electron chi connectivity index (χ2n) is 7.00. The molecule has 1 atom stereocenters. The van der Waals surface area contributed by atoms with Crippen LogP contribution in [-0.2, 0) is 17.8 Å². The van der Waals surface area contributed by atoms with Gasteiger partial charge in [0.15, 0.2) is 0 Å². The summed E-state index contributed by atoms with van der Waals surface area (Å²) in [5.74, 6) is 0.661. The van der Waals surface area contributed by atoms with Gasteiger partial charge in [0, 0.05) is 28.5 Å². The molecule has 0 aliphatic carbocycles. The summed E-state index contributed by atoms with van der Waals surface area (Å²) in [5, 5.41) is 6.41. The molecule has 6 nitrogen and oxygen atoms in total. The molecular weight excluding hydrogens is 432 g/mol. The fourth-order valence-electron chi connectivity index (χ4n) is 3.06. The second-order valence-corrected chi connectivity index (χ2v) is 8.38. The van der Waals surface area contributed by atoms with Gasteiger partial charge >= 0.3 is 0 Å². The van der Waals surface area contributed by atoms with Crippen LogP contribution in [0.4, 0.5) is 0 Å². The minimum Gasteiger partial charge on any atom is -0.486 e. The number of imidazole rings is 1. The lowest BCUT2D eigenvalue weighted by Gasteiger charge is -2.14. The number of halogens is 1. The van der Waals surface area contributed by atoms with Gasteiger partial charge in [0.25, 0.3) is 0 Å². The molecule has 0 bridgehead atoms. The zero-order valence-electron chi connectivity index (χ0n) is 16.9. The highest BCUT2D eigenvalue weighted by Crippen LogP contribution is 2.19. The van der Waals surface area contributed by atoms with Crippen molar-refractivity contribution in [2.75, 3.05) is 0 Å². The van der Waals surface area contributed by atoms with E-state index in [1.54, 1.807) is 24.7 Å². The van der Waals surface area contributed by atoms with Gasteiger partial charge in [-0.3, -0.25) is 4.79 Å². The highest BCUT2D eigenvalue weighted by Gasteiger charge is 2.13. The Kier molecular flexibility index (Phi) is 6.64. The van der Waals surface area contributed by atoms with Crippen molar-refractivity contribution in [1.82, 2.24) is 19.9 Å². The topological polar surface area (TPSA) is 69.0 Å². The fraction of sp³-hybridized carbons (Fsp3) is 0.174. The number of rotatable bonds is 8. The van der Waals surface area contributed by atoms with Crippen LogP contribution < -0.4 is 10.1 Å². The van der Waals surface area contributed by atoms with Crippen LogP contribution in [0.25, 0.3) is 5.69 Å². The summed E-state index contributed by atoms with van der Waals surface area (Å²) >= 11 is 7.36. The second kappa shape index (κ2) is 9.76. The number of hydrogen-bond acceptors (Lipinski definition) is 5. The van der Waals surface area contributed by atoms with Crippen molar-refractivity contribution in [3.8, 4) is 11.4 Å². The Hall–Kier alpha value is -3.16. The highest BCUT2D eigenvalue weighted by molar-refractivity contribution is 7.09. The Bertz CT molecular complexity index is 1130. The molecule has 158 valence electrons. The van der Waals surface area contributed by atoms with Crippen LogP contribution in [-0.4, -0.2) is 20.4 Å². The quantitative estimate of drug-likeness (QED) is 0.409. The predicted molar refractivity (Wildman–Crippen MR) is 122 cm³/mol. The lowest BCUT2D eigenvalue weighted by Crippen LogP contribution is -2.28. The summed E-state index contributed by atoms with van der Waals surface area (Å²) in [7, 11) is 0. The van der Waals surface area contributed by atoms with Crippen molar-refractivity contribution in [2.24, 2.45) is 0 Å². The highest BCUT2D eigenvalue weighted by atomic mass is 35.5. The van der Waals surface area contributed by atoms with Gasteiger partial charge in [0.2, 0.25) is 5.91 Å². The van der Waals surface area contributed by atoms with Crippen LogP contribution in [0.2, 0.25) is 5.02 Å². The molecule has 1 amide bonds. The van der Waals surface area contributed by atoms with Gasteiger partial charge in [-0.2, -0.15) is 0 Å². The Morgan fingerprint density at radius 3 is 2.68 bits per heavy atom. The first kappa shape index (κ1) is 21.1. The summed E-state index contributed by atoms with van der Waals surface area (Å²) < 4.78 is 7.64. The average molecular weight is 453 g/mol. The zero-order valence-corrected chi connectivity index (χ0v) is 18.4. The standard InChI is InChI=1S/C23H21ClN4O2S/c1-16(17-2-6-20(7-3-17)28-11-10-25-15-28)26-22(29)12-19-14-31-23(27-19)13-30-21-8-4-18(24)5-9-21/h2-11,14-16H,12-13H2,1H3,(H,26,29)/t16-/m1/s1. The summed E-state index contributed by atoms with van der Waals surface area (Å²) in [6.07, 6.45) is 5.62. The van der Waals surface area contributed by atoms with E-state index < -0.39 is 0 Å². The molecule has 0 unspecified atom stereocenters. The van der Waals surface area contributed by atoms with Gasteiger partial charge in [-0.15, -0.1) is 11.3 Å². The van der Waals surface area contributed by atoms with E-state index in [-0.39, 0.29) is 18.4 Å². The molecule has 0 fully saturated rings. The van der Waals surface area contributed by atoms with Gasteiger partial charge in [0.05, 0.1) is 24.5 Å². The molecule has 2 aromatic carbocycles. The first-order chi connectivity index (χ1) is 15.1. The summed E-state index contributed by atoms with van der Waals surface area (Å²) in [4.78, 5) is 21.0. The Morgan fingerprint density at radius 1 is 1.19 bits per heavy atom. The number of thiazole rings is 1. The Labute approximate surface area is 189 Å². The normalized spacial score (nSPS) is 11.8. The monoisotopic (exact) mass is 452 g/mol. The molecule has 8 heteroatoms. The molecule has 1 N–H and O–H groups in total. The maximum atomic E-state index is 12.5. The Morgan fingerprint density at radius 2 is 1.97 bits per heavy atom. The maximum absolute atomic E-state index is 12.5. The zero-order chi connectivity index (χ0) is 21.6. The van der Waals surface area contributed by atoms with E-state index in [0.717, 1.165) is 27.7 Å². The van der Waals surface area contributed by atoms with Gasteiger partial charge in [-0.1, -0.05) is 23.7 Å². The first-order valence-electron chi connectivity index (χ1n) is 9.76. The fourth-order valence-corrected chi connectivity index (χ4v) is 3.89. The van der Waals surface area contributed by atoms with Crippen molar-refractivity contribution in [3.63, 3.8) is 0 Å². The van der Waals surface area contributed by atoms with Crippen molar-refractivity contribution in [2.45, 2.75) is 26.0 Å². The lowest BCUT2D eigenvalue weighted by molar-refractivity contribution is -0.121. The summed E-state index contributed by atoms with van der Waals surface area (Å²) in [6, 6.07) is 15.1. The van der Waals surface area contributed by atoms with E-state index in [4.69, 9.17) is 16.3 Å². The molecule has 0 spiro atoms. The van der Waals surface area contributed by atoms with E-state index in [9.17, 15) is 4.79 Å². The number of carbonyl (C=O) groups excluding carboxylic acids is 1. The molecule has 4 rings (SSSR count). The largest absolute Gasteiger partial charge is 0.486 e. The SMILES string of the molecule is C[C@@H](NC(=O)Cc1csc(COc2ccc(Cl)cc2)n1)c1ccc(-n2ccnc2)cc1. The van der Waals surface area contributed by atoms with Gasteiger partial charge in [-0.25, -0.2) is 9.97 Å². The first-order valence-corrected chi connectivity index (χ1v) is 11.0. The molecular formula is C23H21ClN4O2S. The third-order valence-electron chi connectivity index (χ3n) is 4.69. The number of carbonyl (C=O) groups is 1. The molecule has 0 aliphatic rings. The van der Waals surface area contributed by atoms with Gasteiger partial charge in [0.1, 0.15) is 17.4 Å². The van der Waals surface area contributed by atoms with Crippen molar-refractivity contribution >= 4 is 28.8 Å². The number of amides is 1. The number of nitrogens with one attached hydrogen (secondary N) is 1. The number of aromatic nitrogens is 3. The van der Waals surface area contributed by atoms with Gasteiger partial charge in [-0.05, 0) is 48.9 Å². The van der Waals surface area contributed by atoms with Crippen molar-refractivity contribution in [3.05, 3.63) is 93.9 Å². The van der Waals surface area contributed by atoms with Crippen LogP contribution in [0.3, 0.4) is 0 Å². The number of ether oxygens (including phenoxy) is 1. The smallest absolute Gasteiger partial charge is 0.226 e. The van der Waals surface area contributed by atoms with Gasteiger partial charge < -0.3 is 14.6 Å². The summed E-state index contributed by atoms with van der Waals surface area (Å²) in [5.41, 5.74) is 2.79. The van der Waals surface area contributed by atoms with E-state index >= 15 is 0 Å². The molecule has 0 saturated heterocycles. The maximum Gasteiger partial charge on any atom is 0.226 e. The molecule has 0 aliphatic heterocycles. The molecule has 2 heterocycles. The minimum atomic E-state index is -0.101. The molecule has 2 aromatic heterocycles. The third-order valence-corrected chi connectivity index (χ3v) is 5.81. The summed E-state index contributed by atoms with van der Waals surface area (Å²) in [6.45, 7) is 2.32. The average Bonchev–Trinajstić information content (AvgIpc) is 3.46. The lowest BCUT2D eigenvalue weighted by atomic mass is 10.1. The predicted octanol–water partition coefficient (Wildman–Crippen LogP) is 4.98. The minimum absolute atomic E-state index is 0.0679. The number of hydrogen-bond donors (Lipinski definition) is 1. The molecule has 4 aromatic rings. The van der Waals surface area contributed by atoms with Crippen molar-refractivity contribution < 1.29 is 9.53 Å². The number of benzene rings is 2. The van der Waals surface area contributed by atoms with E-state index in [1.165, 1.54) is 11.3 Å². The van der Waals surface area contributed by atoms with Crippen LogP contribution >= 0.6 is 22.9 Å². The van der Waals surface area contributed by atoms with Crippen molar-refractivity contribution in [1.29, 1.82) is 0 Å². The number of nitrogens with zero attached hydrogens (tertiary/aromatic N) is 3. The van der Waals surface area contributed by atoms with E-state index in [2.05, 4.69) is 15.3 Å². The van der Waals surface area contributed by atoms with Crippen LogP contribution in [0.5, 0.6) is 5.75 Å². The molecule has 0 radical (unpaired) electrons. The van der Waals surface area contributed by atoms with E-state index in [1.807, 2.05) is 59.5 Å². The molecule has 0 saturated carbocycles. The third kappa shape index (κ3) is 5.71. The van der Waals surface area contributed by atoms with Crippen LogP contribution in [0, 0.1) is 0 Å². The van der Waals surface area contributed by atoms with Crippen LogP contribution in [0.1, 0.15) is 29.2 Å².